The first-order valence-electron chi connectivity index (χ1n) is 5.73. The van der Waals surface area contributed by atoms with Crippen molar-refractivity contribution < 1.29 is 5.11 Å². The molecule has 1 aliphatic rings. The Balaban J connectivity index is 2.22. The fraction of sp³-hybridized carbons (Fsp3) is 0.909. The Morgan fingerprint density at radius 3 is 2.86 bits per heavy atom. The zero-order valence-electron chi connectivity index (χ0n) is 9.37. The van der Waals surface area contributed by atoms with E-state index < -0.39 is 0 Å². The molecule has 1 unspecified atom stereocenters. The summed E-state index contributed by atoms with van der Waals surface area (Å²) in [7, 11) is 0. The molecule has 3 heteroatoms. The summed E-state index contributed by atoms with van der Waals surface area (Å²) in [6.07, 6.45) is 5.72. The molecule has 1 atom stereocenters. The highest BCUT2D eigenvalue weighted by Crippen LogP contribution is 2.12. The van der Waals surface area contributed by atoms with Gasteiger partial charge in [0.25, 0.3) is 0 Å². The van der Waals surface area contributed by atoms with E-state index in [9.17, 15) is 5.11 Å². The van der Waals surface area contributed by atoms with Crippen LogP contribution < -0.4 is 0 Å². The van der Waals surface area contributed by atoms with Gasteiger partial charge in [0.2, 0.25) is 0 Å². The SMILES string of the molecule is CCCCCCC1=NCCN1C(C)O. The molecule has 0 radical (unpaired) electrons. The fourth-order valence-corrected chi connectivity index (χ4v) is 1.84. The monoisotopic (exact) mass is 198 g/mol. The average molecular weight is 198 g/mol. The third-order valence-corrected chi connectivity index (χ3v) is 2.67. The van der Waals surface area contributed by atoms with Gasteiger partial charge in [0.1, 0.15) is 12.1 Å². The van der Waals surface area contributed by atoms with Crippen molar-refractivity contribution in [2.45, 2.75) is 52.2 Å². The van der Waals surface area contributed by atoms with Crippen LogP contribution in [0.1, 0.15) is 46.0 Å². The molecule has 0 amide bonds. The maximum absolute atomic E-state index is 9.47. The summed E-state index contributed by atoms with van der Waals surface area (Å²) in [5.41, 5.74) is 0. The minimum atomic E-state index is -0.373. The summed E-state index contributed by atoms with van der Waals surface area (Å²) in [6.45, 7) is 5.77. The lowest BCUT2D eigenvalue weighted by Crippen LogP contribution is -2.35. The third-order valence-electron chi connectivity index (χ3n) is 2.67. The molecule has 14 heavy (non-hydrogen) atoms. The second-order valence-electron chi connectivity index (χ2n) is 3.93. The van der Waals surface area contributed by atoms with E-state index in [1.54, 1.807) is 0 Å². The van der Waals surface area contributed by atoms with Crippen LogP contribution in [0.4, 0.5) is 0 Å². The van der Waals surface area contributed by atoms with Crippen LogP contribution in [0, 0.1) is 0 Å². The highest BCUT2D eigenvalue weighted by atomic mass is 16.3. The van der Waals surface area contributed by atoms with Gasteiger partial charge in [-0.2, -0.15) is 0 Å². The molecule has 0 aromatic heterocycles. The minimum absolute atomic E-state index is 0.373. The first-order chi connectivity index (χ1) is 6.75. The fourth-order valence-electron chi connectivity index (χ4n) is 1.84. The van der Waals surface area contributed by atoms with Crippen molar-refractivity contribution in [1.29, 1.82) is 0 Å². The summed E-state index contributed by atoms with van der Waals surface area (Å²) >= 11 is 0. The van der Waals surface area contributed by atoms with Gasteiger partial charge in [0.15, 0.2) is 0 Å². The highest BCUT2D eigenvalue weighted by Gasteiger charge is 2.19. The Hall–Kier alpha value is -0.570. The van der Waals surface area contributed by atoms with Crippen LogP contribution in [0.15, 0.2) is 4.99 Å². The maximum atomic E-state index is 9.47. The first kappa shape index (κ1) is 11.5. The normalized spacial score (nSPS) is 18.5. The Morgan fingerprint density at radius 2 is 2.21 bits per heavy atom. The molecule has 82 valence electrons. The van der Waals surface area contributed by atoms with Crippen LogP contribution in [0.3, 0.4) is 0 Å². The molecule has 0 saturated carbocycles. The lowest BCUT2D eigenvalue weighted by molar-refractivity contribution is 0.0766. The largest absolute Gasteiger partial charge is 0.374 e. The van der Waals surface area contributed by atoms with Gasteiger partial charge in [0.05, 0.1) is 6.54 Å². The van der Waals surface area contributed by atoms with Gasteiger partial charge >= 0.3 is 0 Å². The van der Waals surface area contributed by atoms with Crippen LogP contribution >= 0.6 is 0 Å². The van der Waals surface area contributed by atoms with Gasteiger partial charge in [-0.1, -0.05) is 26.2 Å². The number of aliphatic hydroxyl groups is 1. The zero-order valence-corrected chi connectivity index (χ0v) is 9.37. The Kier molecular flexibility index (Phi) is 4.94. The minimum Gasteiger partial charge on any atom is -0.374 e. The summed E-state index contributed by atoms with van der Waals surface area (Å²) in [5, 5.41) is 9.47. The van der Waals surface area contributed by atoms with Crippen molar-refractivity contribution >= 4 is 5.84 Å². The molecular formula is C11H22N2O. The number of aliphatic hydroxyl groups excluding tert-OH is 1. The van der Waals surface area contributed by atoms with Crippen molar-refractivity contribution in [2.75, 3.05) is 13.1 Å². The average Bonchev–Trinajstić information content (AvgIpc) is 2.60. The van der Waals surface area contributed by atoms with Crippen LogP contribution in [0.5, 0.6) is 0 Å². The van der Waals surface area contributed by atoms with Gasteiger partial charge in [-0.15, -0.1) is 0 Å². The van der Waals surface area contributed by atoms with Gasteiger partial charge < -0.3 is 10.0 Å². The molecule has 0 fully saturated rings. The van der Waals surface area contributed by atoms with E-state index in [-0.39, 0.29) is 6.23 Å². The number of nitrogens with zero attached hydrogens (tertiary/aromatic N) is 2. The van der Waals surface area contributed by atoms with Gasteiger partial charge in [-0.3, -0.25) is 4.99 Å². The Morgan fingerprint density at radius 1 is 1.43 bits per heavy atom. The molecule has 1 aliphatic heterocycles. The van der Waals surface area contributed by atoms with Crippen molar-refractivity contribution in [2.24, 2.45) is 4.99 Å². The molecular weight excluding hydrogens is 176 g/mol. The van der Waals surface area contributed by atoms with Gasteiger partial charge in [0, 0.05) is 13.0 Å². The lowest BCUT2D eigenvalue weighted by atomic mass is 10.1. The van der Waals surface area contributed by atoms with E-state index >= 15 is 0 Å². The molecule has 0 spiro atoms. The zero-order chi connectivity index (χ0) is 10.4. The lowest BCUT2D eigenvalue weighted by Gasteiger charge is -2.23. The Labute approximate surface area is 86.8 Å². The predicted molar refractivity (Wildman–Crippen MR) is 59.4 cm³/mol. The smallest absolute Gasteiger partial charge is 0.125 e. The quantitative estimate of drug-likeness (QED) is 0.663. The first-order valence-corrected chi connectivity index (χ1v) is 5.73. The third kappa shape index (κ3) is 3.29. The molecule has 3 nitrogen and oxygen atoms in total. The predicted octanol–water partition coefficient (Wildman–Crippen LogP) is 2.01. The van der Waals surface area contributed by atoms with E-state index in [4.69, 9.17) is 0 Å². The van der Waals surface area contributed by atoms with Crippen LogP contribution in [0.25, 0.3) is 0 Å². The van der Waals surface area contributed by atoms with Crippen molar-refractivity contribution in [3.63, 3.8) is 0 Å². The van der Waals surface area contributed by atoms with Crippen molar-refractivity contribution in [3.8, 4) is 0 Å². The number of rotatable bonds is 6. The van der Waals surface area contributed by atoms with E-state index in [1.165, 1.54) is 25.7 Å². The molecule has 0 aliphatic carbocycles. The summed E-state index contributed by atoms with van der Waals surface area (Å²) < 4.78 is 0. The molecule has 0 aromatic carbocycles. The Bertz CT molecular complexity index is 190. The van der Waals surface area contributed by atoms with E-state index in [0.717, 1.165) is 25.3 Å². The molecule has 1 rings (SSSR count). The molecule has 0 bridgehead atoms. The molecule has 0 aromatic rings. The molecule has 0 saturated heterocycles. The molecule has 1 N–H and O–H groups in total. The van der Waals surface area contributed by atoms with E-state index in [2.05, 4.69) is 11.9 Å². The summed E-state index contributed by atoms with van der Waals surface area (Å²) in [4.78, 5) is 6.42. The number of amidine groups is 1. The van der Waals surface area contributed by atoms with Crippen LogP contribution in [-0.4, -0.2) is 35.2 Å². The number of aliphatic imine (C=N–C) groups is 1. The second-order valence-corrected chi connectivity index (χ2v) is 3.93. The van der Waals surface area contributed by atoms with E-state index in [1.807, 2.05) is 11.8 Å². The second kappa shape index (κ2) is 6.02. The van der Waals surface area contributed by atoms with E-state index in [0.29, 0.717) is 0 Å². The highest BCUT2D eigenvalue weighted by molar-refractivity contribution is 5.83. The van der Waals surface area contributed by atoms with Crippen molar-refractivity contribution in [3.05, 3.63) is 0 Å². The number of hydrogen-bond acceptors (Lipinski definition) is 3. The van der Waals surface area contributed by atoms with Gasteiger partial charge in [-0.05, 0) is 13.3 Å². The standard InChI is InChI=1S/C11H22N2O/c1-3-4-5-6-7-11-12-8-9-13(11)10(2)14/h10,14H,3-9H2,1-2H3. The number of hydrogen-bond donors (Lipinski definition) is 1. The number of unbranched alkanes of at least 4 members (excludes halogenated alkanes) is 3. The summed E-state index contributed by atoms with van der Waals surface area (Å²) in [5.74, 6) is 1.11. The topological polar surface area (TPSA) is 35.8 Å². The van der Waals surface area contributed by atoms with Crippen LogP contribution in [-0.2, 0) is 0 Å². The maximum Gasteiger partial charge on any atom is 0.125 e. The summed E-state index contributed by atoms with van der Waals surface area (Å²) in [6, 6.07) is 0. The van der Waals surface area contributed by atoms with Gasteiger partial charge in [-0.25, -0.2) is 0 Å². The van der Waals surface area contributed by atoms with Crippen molar-refractivity contribution in [1.82, 2.24) is 4.90 Å². The van der Waals surface area contributed by atoms with Crippen LogP contribution in [0.2, 0.25) is 0 Å². The molecule has 1 heterocycles.